The van der Waals surface area contributed by atoms with E-state index in [-0.39, 0.29) is 5.91 Å². The molecule has 1 aliphatic carbocycles. The molecule has 112 valence electrons. The monoisotopic (exact) mass is 279 g/mol. The van der Waals surface area contributed by atoms with Gasteiger partial charge in [-0.3, -0.25) is 9.79 Å². The topological polar surface area (TPSA) is 45.1 Å². The van der Waals surface area contributed by atoms with Crippen LogP contribution in [0.15, 0.2) is 4.99 Å². The summed E-state index contributed by atoms with van der Waals surface area (Å²) >= 11 is 0. The standard InChI is InChI=1S/C15H25N3O2/c1-4-13-16-15(14(19)17(13)2)6-5-11-9-18(7-8-20-3)10-12(11)15/h11-12H,4-10H2,1-3H3/t11-,12+,15-/m0/s1. The Morgan fingerprint density at radius 3 is 2.90 bits per heavy atom. The molecule has 3 rings (SSSR count). The molecule has 0 N–H and O–H groups in total. The largest absolute Gasteiger partial charge is 0.383 e. The Balaban J connectivity index is 1.79. The average Bonchev–Trinajstić information content (AvgIpc) is 3.07. The smallest absolute Gasteiger partial charge is 0.255 e. The zero-order chi connectivity index (χ0) is 14.3. The number of amides is 1. The maximum absolute atomic E-state index is 12.7. The van der Waals surface area contributed by atoms with Crippen molar-refractivity contribution in [3.63, 3.8) is 0 Å². The van der Waals surface area contributed by atoms with Gasteiger partial charge in [-0.1, -0.05) is 6.92 Å². The molecule has 0 bridgehead atoms. The normalized spacial score (nSPS) is 37.0. The van der Waals surface area contributed by atoms with Crippen molar-refractivity contribution in [2.24, 2.45) is 16.8 Å². The van der Waals surface area contributed by atoms with Crippen LogP contribution < -0.4 is 0 Å². The minimum Gasteiger partial charge on any atom is -0.383 e. The van der Waals surface area contributed by atoms with Crippen molar-refractivity contribution < 1.29 is 9.53 Å². The number of rotatable bonds is 4. The van der Waals surface area contributed by atoms with E-state index in [1.54, 1.807) is 12.0 Å². The SMILES string of the molecule is CCC1=N[C@]2(CC[C@H]3CN(CCOC)C[C@H]32)C(=O)N1C. The second kappa shape index (κ2) is 5.11. The Morgan fingerprint density at radius 1 is 1.45 bits per heavy atom. The molecule has 3 aliphatic rings. The second-order valence-electron chi connectivity index (χ2n) is 6.33. The van der Waals surface area contributed by atoms with Gasteiger partial charge in [0, 0.05) is 46.1 Å². The van der Waals surface area contributed by atoms with Gasteiger partial charge in [0.25, 0.3) is 5.91 Å². The lowest BCUT2D eigenvalue weighted by Crippen LogP contribution is -2.45. The number of ether oxygens (including phenoxy) is 1. The Kier molecular flexibility index (Phi) is 3.58. The highest BCUT2D eigenvalue weighted by molar-refractivity contribution is 6.08. The van der Waals surface area contributed by atoms with Gasteiger partial charge in [-0.25, -0.2) is 0 Å². The zero-order valence-electron chi connectivity index (χ0n) is 12.8. The first-order valence-electron chi connectivity index (χ1n) is 7.70. The summed E-state index contributed by atoms with van der Waals surface area (Å²) in [5, 5.41) is 0. The molecule has 0 unspecified atom stereocenters. The van der Waals surface area contributed by atoms with Gasteiger partial charge >= 0.3 is 0 Å². The summed E-state index contributed by atoms with van der Waals surface area (Å²) in [6.45, 7) is 5.91. The van der Waals surface area contributed by atoms with Crippen molar-refractivity contribution in [2.75, 3.05) is 40.4 Å². The molecule has 0 radical (unpaired) electrons. The number of likely N-dealkylation sites (N-methyl/N-ethyl adjacent to an activating group) is 1. The molecular formula is C15H25N3O2. The summed E-state index contributed by atoms with van der Waals surface area (Å²) in [4.78, 5) is 21.9. The van der Waals surface area contributed by atoms with Crippen molar-refractivity contribution >= 4 is 11.7 Å². The Labute approximate surface area is 121 Å². The lowest BCUT2D eigenvalue weighted by Gasteiger charge is -2.27. The molecule has 5 nitrogen and oxygen atoms in total. The number of aliphatic imine (C=N–C) groups is 1. The first-order valence-corrected chi connectivity index (χ1v) is 7.70. The van der Waals surface area contributed by atoms with E-state index in [0.717, 1.165) is 51.3 Å². The molecule has 2 fully saturated rings. The van der Waals surface area contributed by atoms with Crippen molar-refractivity contribution in [1.82, 2.24) is 9.80 Å². The zero-order valence-corrected chi connectivity index (χ0v) is 12.8. The van der Waals surface area contributed by atoms with Crippen molar-refractivity contribution in [3.05, 3.63) is 0 Å². The summed E-state index contributed by atoms with van der Waals surface area (Å²) < 4.78 is 5.17. The van der Waals surface area contributed by atoms with E-state index in [1.807, 2.05) is 7.05 Å². The third-order valence-electron chi connectivity index (χ3n) is 5.34. The van der Waals surface area contributed by atoms with E-state index < -0.39 is 5.54 Å². The highest BCUT2D eigenvalue weighted by atomic mass is 16.5. The lowest BCUT2D eigenvalue weighted by molar-refractivity contribution is -0.131. The van der Waals surface area contributed by atoms with Crippen LogP contribution >= 0.6 is 0 Å². The number of fused-ring (bicyclic) bond motifs is 2. The predicted octanol–water partition coefficient (Wildman–Crippen LogP) is 0.994. The number of methoxy groups -OCH3 is 1. The molecule has 3 atom stereocenters. The lowest BCUT2D eigenvalue weighted by atomic mass is 9.85. The Morgan fingerprint density at radius 2 is 2.25 bits per heavy atom. The van der Waals surface area contributed by atoms with Crippen LogP contribution in [0.4, 0.5) is 0 Å². The number of nitrogens with zero attached hydrogens (tertiary/aromatic N) is 3. The van der Waals surface area contributed by atoms with Crippen molar-refractivity contribution in [1.29, 1.82) is 0 Å². The molecule has 2 aliphatic heterocycles. The summed E-state index contributed by atoms with van der Waals surface area (Å²) in [7, 11) is 3.62. The second-order valence-corrected chi connectivity index (χ2v) is 6.33. The Hall–Kier alpha value is -0.940. The minimum absolute atomic E-state index is 0.232. The van der Waals surface area contributed by atoms with Gasteiger partial charge in [0.2, 0.25) is 0 Å². The van der Waals surface area contributed by atoms with E-state index in [4.69, 9.17) is 9.73 Å². The minimum atomic E-state index is -0.438. The van der Waals surface area contributed by atoms with E-state index in [9.17, 15) is 4.79 Å². The number of carbonyl (C=O) groups is 1. The summed E-state index contributed by atoms with van der Waals surface area (Å²) in [5.74, 6) is 2.23. The van der Waals surface area contributed by atoms with Gasteiger partial charge in [-0.15, -0.1) is 0 Å². The van der Waals surface area contributed by atoms with Crippen LogP contribution in [0.5, 0.6) is 0 Å². The van der Waals surface area contributed by atoms with Gasteiger partial charge in [0.1, 0.15) is 11.4 Å². The first kappa shape index (κ1) is 14.0. The fourth-order valence-corrected chi connectivity index (χ4v) is 4.27. The molecule has 1 spiro atoms. The third kappa shape index (κ3) is 1.91. The fraction of sp³-hybridized carbons (Fsp3) is 0.867. The molecule has 1 saturated heterocycles. The maximum Gasteiger partial charge on any atom is 0.255 e. The number of amidine groups is 1. The van der Waals surface area contributed by atoms with Crippen LogP contribution in [0.1, 0.15) is 26.2 Å². The third-order valence-corrected chi connectivity index (χ3v) is 5.34. The van der Waals surface area contributed by atoms with Crippen molar-refractivity contribution in [2.45, 2.75) is 31.7 Å². The maximum atomic E-state index is 12.7. The molecule has 1 amide bonds. The van der Waals surface area contributed by atoms with Gasteiger partial charge in [0.05, 0.1) is 6.61 Å². The highest BCUT2D eigenvalue weighted by Gasteiger charge is 2.60. The summed E-state index contributed by atoms with van der Waals surface area (Å²) in [6, 6.07) is 0. The molecular weight excluding hydrogens is 254 g/mol. The quantitative estimate of drug-likeness (QED) is 0.771. The Bertz CT molecular complexity index is 437. The first-order chi connectivity index (χ1) is 9.62. The van der Waals surface area contributed by atoms with Crippen LogP contribution in [0, 0.1) is 11.8 Å². The van der Waals surface area contributed by atoms with Gasteiger partial charge < -0.3 is 14.5 Å². The summed E-state index contributed by atoms with van der Waals surface area (Å²) in [5.41, 5.74) is -0.438. The van der Waals surface area contributed by atoms with Gasteiger partial charge in [-0.2, -0.15) is 0 Å². The van der Waals surface area contributed by atoms with Crippen LogP contribution in [-0.2, 0) is 9.53 Å². The molecule has 5 heteroatoms. The molecule has 1 saturated carbocycles. The number of carbonyl (C=O) groups excluding carboxylic acids is 1. The molecule has 20 heavy (non-hydrogen) atoms. The van der Waals surface area contributed by atoms with E-state index in [2.05, 4.69) is 11.8 Å². The summed E-state index contributed by atoms with van der Waals surface area (Å²) in [6.07, 6.45) is 2.91. The van der Waals surface area contributed by atoms with E-state index in [1.165, 1.54) is 0 Å². The molecule has 0 aromatic heterocycles. The van der Waals surface area contributed by atoms with E-state index in [0.29, 0.717) is 11.8 Å². The number of hydrogen-bond acceptors (Lipinski definition) is 4. The molecule has 2 heterocycles. The fourth-order valence-electron chi connectivity index (χ4n) is 4.27. The predicted molar refractivity (Wildman–Crippen MR) is 77.8 cm³/mol. The van der Waals surface area contributed by atoms with Gasteiger partial charge in [0.15, 0.2) is 0 Å². The van der Waals surface area contributed by atoms with Crippen molar-refractivity contribution in [3.8, 4) is 0 Å². The van der Waals surface area contributed by atoms with Crippen LogP contribution in [0.2, 0.25) is 0 Å². The number of hydrogen-bond donors (Lipinski definition) is 0. The van der Waals surface area contributed by atoms with Crippen LogP contribution in [0.3, 0.4) is 0 Å². The van der Waals surface area contributed by atoms with Crippen LogP contribution in [-0.4, -0.2) is 67.5 Å². The molecule has 0 aromatic carbocycles. The van der Waals surface area contributed by atoms with E-state index >= 15 is 0 Å². The molecule has 0 aromatic rings. The average molecular weight is 279 g/mol. The van der Waals surface area contributed by atoms with Crippen LogP contribution in [0.25, 0.3) is 0 Å². The van der Waals surface area contributed by atoms with Gasteiger partial charge in [-0.05, 0) is 18.8 Å². The highest BCUT2D eigenvalue weighted by Crippen LogP contribution is 2.50. The number of likely N-dealkylation sites (tertiary alicyclic amines) is 1.